The van der Waals surface area contributed by atoms with Gasteiger partial charge in [-0.25, -0.2) is 8.42 Å². The van der Waals surface area contributed by atoms with Crippen LogP contribution in [0.25, 0.3) is 0 Å². The molecule has 1 amide bonds. The molecule has 0 aliphatic carbocycles. The Balaban J connectivity index is 2.15. The number of para-hydroxylation sites is 1. The normalized spacial score (nSPS) is 21.8. The Morgan fingerprint density at radius 2 is 2.05 bits per heavy atom. The second-order valence-corrected chi connectivity index (χ2v) is 7.70. The third-order valence-corrected chi connectivity index (χ3v) is 5.87. The van der Waals surface area contributed by atoms with E-state index in [2.05, 4.69) is 0 Å². The molecule has 116 valence electrons. The van der Waals surface area contributed by atoms with Crippen LogP contribution in [0.15, 0.2) is 24.3 Å². The van der Waals surface area contributed by atoms with E-state index in [1.54, 1.807) is 19.1 Å². The van der Waals surface area contributed by atoms with Crippen molar-refractivity contribution >= 4 is 15.7 Å². The van der Waals surface area contributed by atoms with Crippen molar-refractivity contribution in [3.63, 3.8) is 0 Å². The van der Waals surface area contributed by atoms with Gasteiger partial charge in [-0.05, 0) is 19.4 Å². The molecule has 1 fully saturated rings. The molecule has 0 radical (unpaired) electrons. The molecule has 0 N–H and O–H groups in total. The van der Waals surface area contributed by atoms with Gasteiger partial charge in [-0.1, -0.05) is 18.2 Å². The number of rotatable bonds is 4. The number of benzene rings is 1. The summed E-state index contributed by atoms with van der Waals surface area (Å²) in [5.41, 5.74) is 0.914. The fraction of sp³-hybridized carbons (Fsp3) is 0.533. The van der Waals surface area contributed by atoms with Crippen LogP contribution in [-0.4, -0.2) is 44.9 Å². The number of hydrogen-bond donors (Lipinski definition) is 0. The Bertz CT molecular complexity index is 626. The minimum Gasteiger partial charge on any atom is -0.496 e. The van der Waals surface area contributed by atoms with Gasteiger partial charge in [0.2, 0.25) is 5.91 Å². The Labute approximate surface area is 125 Å². The van der Waals surface area contributed by atoms with Gasteiger partial charge in [0.25, 0.3) is 0 Å². The van der Waals surface area contributed by atoms with E-state index < -0.39 is 15.8 Å². The highest BCUT2D eigenvalue weighted by atomic mass is 32.2. The second-order valence-electron chi connectivity index (χ2n) is 5.47. The van der Waals surface area contributed by atoms with Gasteiger partial charge in [-0.2, -0.15) is 0 Å². The zero-order valence-corrected chi connectivity index (χ0v) is 13.4. The van der Waals surface area contributed by atoms with Gasteiger partial charge in [0.05, 0.1) is 30.6 Å². The number of ether oxygens (including phenoxy) is 1. The Morgan fingerprint density at radius 3 is 2.62 bits per heavy atom. The molecule has 2 rings (SSSR count). The van der Waals surface area contributed by atoms with Gasteiger partial charge in [-0.3, -0.25) is 4.79 Å². The maximum atomic E-state index is 12.5. The molecule has 6 heteroatoms. The van der Waals surface area contributed by atoms with E-state index in [0.717, 1.165) is 11.3 Å². The lowest BCUT2D eigenvalue weighted by Crippen LogP contribution is -2.35. The quantitative estimate of drug-likeness (QED) is 0.848. The van der Waals surface area contributed by atoms with E-state index >= 15 is 0 Å². The Kier molecular flexibility index (Phi) is 4.56. The molecule has 1 aliphatic heterocycles. The lowest BCUT2D eigenvalue weighted by molar-refractivity contribution is -0.135. The number of methoxy groups -OCH3 is 1. The van der Waals surface area contributed by atoms with Crippen molar-refractivity contribution in [2.45, 2.75) is 19.4 Å². The average Bonchev–Trinajstić information content (AvgIpc) is 2.85. The van der Waals surface area contributed by atoms with Crippen molar-refractivity contribution in [1.29, 1.82) is 0 Å². The third kappa shape index (κ3) is 3.37. The maximum Gasteiger partial charge on any atom is 0.226 e. The standard InChI is InChI=1S/C15H21NO4S/c1-11(13-6-4-5-7-14(13)20-3)16(2)15(17)12-8-9-21(18,19)10-12/h4-7,11-12H,8-10H2,1-3H3/t11-,12+/m1/s1. The zero-order chi connectivity index (χ0) is 15.6. The lowest BCUT2D eigenvalue weighted by atomic mass is 10.0. The maximum absolute atomic E-state index is 12.5. The molecule has 1 aliphatic rings. The van der Waals surface area contributed by atoms with Crippen LogP contribution >= 0.6 is 0 Å². The SMILES string of the molecule is COc1ccccc1[C@@H](C)N(C)C(=O)[C@H]1CCS(=O)(=O)C1. The molecule has 0 unspecified atom stereocenters. The van der Waals surface area contributed by atoms with Gasteiger partial charge in [0, 0.05) is 12.6 Å². The van der Waals surface area contributed by atoms with E-state index in [1.807, 2.05) is 31.2 Å². The van der Waals surface area contributed by atoms with E-state index in [0.29, 0.717) is 6.42 Å². The summed E-state index contributed by atoms with van der Waals surface area (Å²) in [5.74, 6) is 0.269. The molecule has 1 aromatic rings. The van der Waals surface area contributed by atoms with Crippen LogP contribution in [0.2, 0.25) is 0 Å². The van der Waals surface area contributed by atoms with Crippen LogP contribution in [0.3, 0.4) is 0 Å². The van der Waals surface area contributed by atoms with Crippen molar-refractivity contribution in [2.75, 3.05) is 25.7 Å². The van der Waals surface area contributed by atoms with Gasteiger partial charge in [-0.15, -0.1) is 0 Å². The number of sulfone groups is 1. The second kappa shape index (κ2) is 6.05. The predicted molar refractivity (Wildman–Crippen MR) is 80.9 cm³/mol. The first-order chi connectivity index (χ1) is 9.85. The molecule has 0 spiro atoms. The van der Waals surface area contributed by atoms with Crippen LogP contribution in [0.5, 0.6) is 5.75 Å². The summed E-state index contributed by atoms with van der Waals surface area (Å²) in [4.78, 5) is 14.1. The van der Waals surface area contributed by atoms with E-state index in [4.69, 9.17) is 4.74 Å². The summed E-state index contributed by atoms with van der Waals surface area (Å²) in [5, 5.41) is 0. The molecule has 0 aromatic heterocycles. The number of carbonyl (C=O) groups excluding carboxylic acids is 1. The van der Waals surface area contributed by atoms with Gasteiger partial charge in [0.1, 0.15) is 5.75 Å². The molecule has 1 heterocycles. The number of nitrogens with zero attached hydrogens (tertiary/aromatic N) is 1. The van der Waals surface area contributed by atoms with Gasteiger partial charge >= 0.3 is 0 Å². The predicted octanol–water partition coefficient (Wildman–Crippen LogP) is 1.65. The van der Waals surface area contributed by atoms with E-state index in [1.165, 1.54) is 0 Å². The molecule has 2 atom stereocenters. The Hall–Kier alpha value is -1.56. The largest absolute Gasteiger partial charge is 0.496 e. The van der Waals surface area contributed by atoms with Gasteiger partial charge < -0.3 is 9.64 Å². The van der Waals surface area contributed by atoms with E-state index in [-0.39, 0.29) is 23.5 Å². The molecule has 0 bridgehead atoms. The van der Waals surface area contributed by atoms with Crippen molar-refractivity contribution in [3.05, 3.63) is 29.8 Å². The third-order valence-electron chi connectivity index (χ3n) is 4.10. The first-order valence-corrected chi connectivity index (χ1v) is 8.78. The molecular formula is C15H21NO4S. The number of hydrogen-bond acceptors (Lipinski definition) is 4. The van der Waals surface area contributed by atoms with Crippen molar-refractivity contribution in [2.24, 2.45) is 5.92 Å². The van der Waals surface area contributed by atoms with Gasteiger partial charge in [0.15, 0.2) is 9.84 Å². The summed E-state index contributed by atoms with van der Waals surface area (Å²) in [6, 6.07) is 7.37. The van der Waals surface area contributed by atoms with Crippen LogP contribution in [0.1, 0.15) is 24.9 Å². The van der Waals surface area contributed by atoms with Crippen LogP contribution in [-0.2, 0) is 14.6 Å². The van der Waals surface area contributed by atoms with E-state index in [9.17, 15) is 13.2 Å². The summed E-state index contributed by atoms with van der Waals surface area (Å²) < 4.78 is 28.4. The van der Waals surface area contributed by atoms with Crippen LogP contribution in [0.4, 0.5) is 0 Å². The highest BCUT2D eigenvalue weighted by Crippen LogP contribution is 2.30. The fourth-order valence-corrected chi connectivity index (χ4v) is 4.42. The number of carbonyl (C=O) groups is 1. The fourth-order valence-electron chi connectivity index (χ4n) is 2.69. The molecule has 0 saturated carbocycles. The van der Waals surface area contributed by atoms with Crippen LogP contribution < -0.4 is 4.74 Å². The summed E-state index contributed by atoms with van der Waals surface area (Å²) >= 11 is 0. The summed E-state index contributed by atoms with van der Waals surface area (Å²) in [6.07, 6.45) is 0.421. The minimum atomic E-state index is -3.05. The smallest absolute Gasteiger partial charge is 0.226 e. The van der Waals surface area contributed by atoms with Crippen molar-refractivity contribution < 1.29 is 17.9 Å². The summed E-state index contributed by atoms with van der Waals surface area (Å²) in [7, 11) is 0.257. The molecule has 1 aromatic carbocycles. The summed E-state index contributed by atoms with van der Waals surface area (Å²) in [6.45, 7) is 1.92. The average molecular weight is 311 g/mol. The molecule has 1 saturated heterocycles. The van der Waals surface area contributed by atoms with Crippen molar-refractivity contribution in [1.82, 2.24) is 4.90 Å². The van der Waals surface area contributed by atoms with Crippen LogP contribution in [0, 0.1) is 5.92 Å². The topological polar surface area (TPSA) is 63.7 Å². The first kappa shape index (κ1) is 15.8. The monoisotopic (exact) mass is 311 g/mol. The minimum absolute atomic E-state index is 0.0329. The highest BCUT2D eigenvalue weighted by Gasteiger charge is 2.36. The molecule has 21 heavy (non-hydrogen) atoms. The number of amides is 1. The lowest BCUT2D eigenvalue weighted by Gasteiger charge is -2.28. The molecular weight excluding hydrogens is 290 g/mol. The highest BCUT2D eigenvalue weighted by molar-refractivity contribution is 7.91. The first-order valence-electron chi connectivity index (χ1n) is 6.95. The van der Waals surface area contributed by atoms with Crippen molar-refractivity contribution in [3.8, 4) is 5.75 Å². The molecule has 5 nitrogen and oxygen atoms in total. The zero-order valence-electron chi connectivity index (χ0n) is 12.6. The Morgan fingerprint density at radius 1 is 1.38 bits per heavy atom.